The number of ether oxygens (including phenoxy) is 1. The fourth-order valence-corrected chi connectivity index (χ4v) is 2.68. The zero-order chi connectivity index (χ0) is 19.9. The highest BCUT2D eigenvalue weighted by Gasteiger charge is 2.12. The lowest BCUT2D eigenvalue weighted by Gasteiger charge is -2.08. The summed E-state index contributed by atoms with van der Waals surface area (Å²) in [6, 6.07) is 14.7. The van der Waals surface area contributed by atoms with Crippen molar-refractivity contribution in [2.24, 2.45) is 5.10 Å². The van der Waals surface area contributed by atoms with Gasteiger partial charge in [-0.15, -0.1) is 0 Å². The Kier molecular flexibility index (Phi) is 6.52. The molecule has 0 saturated heterocycles. The van der Waals surface area contributed by atoms with Crippen molar-refractivity contribution in [1.29, 1.82) is 0 Å². The SMILES string of the molecule is O=C(N/N=C\c1cc(Br)ccc1OC(=O)c1ccc(Cl)cc1)c1cccnc1. The number of benzene rings is 2. The highest BCUT2D eigenvalue weighted by atomic mass is 79.9. The van der Waals surface area contributed by atoms with Gasteiger partial charge in [0.1, 0.15) is 5.75 Å². The van der Waals surface area contributed by atoms with Crippen molar-refractivity contribution in [2.75, 3.05) is 0 Å². The fourth-order valence-electron chi connectivity index (χ4n) is 2.18. The van der Waals surface area contributed by atoms with Crippen LogP contribution in [0.25, 0.3) is 0 Å². The maximum Gasteiger partial charge on any atom is 0.343 e. The first-order valence-corrected chi connectivity index (χ1v) is 9.21. The molecule has 0 unspecified atom stereocenters. The fraction of sp³-hybridized carbons (Fsp3) is 0. The van der Waals surface area contributed by atoms with Gasteiger partial charge in [0.2, 0.25) is 0 Å². The molecular weight excluding hydrogens is 446 g/mol. The number of aromatic nitrogens is 1. The van der Waals surface area contributed by atoms with Crippen LogP contribution in [0.3, 0.4) is 0 Å². The summed E-state index contributed by atoms with van der Waals surface area (Å²) in [4.78, 5) is 28.2. The van der Waals surface area contributed by atoms with Crippen LogP contribution in [0.4, 0.5) is 0 Å². The molecule has 3 rings (SSSR count). The molecule has 0 aliphatic carbocycles. The van der Waals surface area contributed by atoms with E-state index in [1.54, 1.807) is 60.8 Å². The molecule has 0 atom stereocenters. The quantitative estimate of drug-likeness (QED) is 0.264. The lowest BCUT2D eigenvalue weighted by Crippen LogP contribution is -2.17. The van der Waals surface area contributed by atoms with Crippen molar-refractivity contribution >= 4 is 45.6 Å². The van der Waals surface area contributed by atoms with Crippen molar-refractivity contribution in [3.05, 3.63) is 93.2 Å². The van der Waals surface area contributed by atoms with Gasteiger partial charge in [-0.05, 0) is 54.6 Å². The van der Waals surface area contributed by atoms with Gasteiger partial charge in [0.15, 0.2) is 0 Å². The van der Waals surface area contributed by atoms with Gasteiger partial charge < -0.3 is 4.74 Å². The summed E-state index contributed by atoms with van der Waals surface area (Å²) in [7, 11) is 0. The molecule has 0 aliphatic heterocycles. The molecule has 0 bridgehead atoms. The largest absolute Gasteiger partial charge is 0.422 e. The molecule has 1 aromatic heterocycles. The highest BCUT2D eigenvalue weighted by molar-refractivity contribution is 9.10. The second-order valence-corrected chi connectivity index (χ2v) is 6.87. The molecule has 1 amide bonds. The van der Waals surface area contributed by atoms with Crippen molar-refractivity contribution < 1.29 is 14.3 Å². The Morgan fingerprint density at radius 1 is 1.11 bits per heavy atom. The van der Waals surface area contributed by atoms with Crippen LogP contribution in [0.2, 0.25) is 5.02 Å². The minimum atomic E-state index is -0.534. The number of hydrogen-bond acceptors (Lipinski definition) is 5. The van der Waals surface area contributed by atoms with E-state index in [-0.39, 0.29) is 0 Å². The summed E-state index contributed by atoms with van der Waals surface area (Å²) < 4.78 is 6.21. The molecule has 140 valence electrons. The molecule has 6 nitrogen and oxygen atoms in total. The maximum absolute atomic E-state index is 12.3. The Morgan fingerprint density at radius 3 is 2.61 bits per heavy atom. The Hall–Kier alpha value is -3.03. The first-order valence-electron chi connectivity index (χ1n) is 8.03. The summed E-state index contributed by atoms with van der Waals surface area (Å²) in [5.74, 6) is -0.644. The van der Waals surface area contributed by atoms with Gasteiger partial charge in [0.05, 0.1) is 17.3 Å². The number of esters is 1. The van der Waals surface area contributed by atoms with Crippen molar-refractivity contribution in [3.8, 4) is 5.75 Å². The predicted octanol–water partition coefficient (Wildman–Crippen LogP) is 4.48. The number of amides is 1. The molecular formula is C20H13BrClN3O3. The molecule has 0 fully saturated rings. The average molecular weight is 459 g/mol. The standard InChI is InChI=1S/C20H13BrClN3O3/c21-16-5-8-18(28-20(27)13-3-6-17(22)7-4-13)15(10-16)12-24-25-19(26)14-2-1-9-23-11-14/h1-12H,(H,25,26)/b24-12-. The van der Waals surface area contributed by atoms with E-state index in [1.807, 2.05) is 0 Å². The molecule has 28 heavy (non-hydrogen) atoms. The van der Waals surface area contributed by atoms with Crippen molar-refractivity contribution in [1.82, 2.24) is 10.4 Å². The van der Waals surface area contributed by atoms with E-state index >= 15 is 0 Å². The third kappa shape index (κ3) is 5.25. The smallest absolute Gasteiger partial charge is 0.343 e. The summed E-state index contributed by atoms with van der Waals surface area (Å²) in [5, 5.41) is 4.45. The minimum Gasteiger partial charge on any atom is -0.422 e. The topological polar surface area (TPSA) is 80.6 Å². The van der Waals surface area contributed by atoms with E-state index in [1.165, 1.54) is 12.4 Å². The summed E-state index contributed by atoms with van der Waals surface area (Å²) in [6.07, 6.45) is 4.40. The Morgan fingerprint density at radius 2 is 1.89 bits per heavy atom. The number of rotatable bonds is 5. The molecule has 2 aromatic carbocycles. The number of nitrogens with one attached hydrogen (secondary N) is 1. The van der Waals surface area contributed by atoms with Gasteiger partial charge in [-0.25, -0.2) is 10.2 Å². The van der Waals surface area contributed by atoms with Crippen LogP contribution in [0, 0.1) is 0 Å². The number of halogens is 2. The molecule has 3 aromatic rings. The number of carbonyl (C=O) groups is 2. The Labute approximate surface area is 174 Å². The van der Waals surface area contributed by atoms with E-state index in [0.29, 0.717) is 27.5 Å². The summed E-state index contributed by atoms with van der Waals surface area (Å²) in [6.45, 7) is 0. The van der Waals surface area contributed by atoms with Crippen molar-refractivity contribution in [3.63, 3.8) is 0 Å². The van der Waals surface area contributed by atoms with Crippen LogP contribution < -0.4 is 10.2 Å². The lowest BCUT2D eigenvalue weighted by atomic mass is 10.2. The number of hydrogen-bond donors (Lipinski definition) is 1. The molecule has 1 N–H and O–H groups in total. The molecule has 0 radical (unpaired) electrons. The maximum atomic E-state index is 12.3. The van der Waals surface area contributed by atoms with E-state index in [9.17, 15) is 9.59 Å². The van der Waals surface area contributed by atoms with Crippen LogP contribution in [-0.2, 0) is 0 Å². The normalized spacial score (nSPS) is 10.6. The lowest BCUT2D eigenvalue weighted by molar-refractivity contribution is 0.0734. The zero-order valence-electron chi connectivity index (χ0n) is 14.3. The number of pyridine rings is 1. The van der Waals surface area contributed by atoms with Gasteiger partial charge in [0.25, 0.3) is 5.91 Å². The van der Waals surface area contributed by atoms with E-state index in [2.05, 4.69) is 31.4 Å². The van der Waals surface area contributed by atoms with E-state index in [4.69, 9.17) is 16.3 Å². The van der Waals surface area contributed by atoms with Crippen LogP contribution in [0.1, 0.15) is 26.3 Å². The van der Waals surface area contributed by atoms with Gasteiger partial charge in [0, 0.05) is 27.5 Å². The van der Waals surface area contributed by atoms with E-state index in [0.717, 1.165) is 4.47 Å². The molecule has 8 heteroatoms. The first-order chi connectivity index (χ1) is 13.5. The molecule has 1 heterocycles. The third-order valence-corrected chi connectivity index (χ3v) is 4.29. The molecule has 0 aliphatic rings. The van der Waals surface area contributed by atoms with Gasteiger partial charge in [-0.2, -0.15) is 5.10 Å². The number of hydrazone groups is 1. The summed E-state index contributed by atoms with van der Waals surface area (Å²) in [5.41, 5.74) is 3.65. The minimum absolute atomic E-state index is 0.294. The van der Waals surface area contributed by atoms with Gasteiger partial charge in [-0.3, -0.25) is 9.78 Å². The molecule has 0 saturated carbocycles. The second kappa shape index (κ2) is 9.25. The van der Waals surface area contributed by atoms with Crippen LogP contribution in [0.5, 0.6) is 5.75 Å². The monoisotopic (exact) mass is 457 g/mol. The first kappa shape index (κ1) is 19.7. The zero-order valence-corrected chi connectivity index (χ0v) is 16.6. The highest BCUT2D eigenvalue weighted by Crippen LogP contribution is 2.23. The van der Waals surface area contributed by atoms with Crippen molar-refractivity contribution in [2.45, 2.75) is 0 Å². The average Bonchev–Trinajstić information content (AvgIpc) is 2.71. The number of nitrogens with zero attached hydrogens (tertiary/aromatic N) is 2. The summed E-state index contributed by atoms with van der Waals surface area (Å²) >= 11 is 9.19. The van der Waals surface area contributed by atoms with Gasteiger partial charge >= 0.3 is 5.97 Å². The van der Waals surface area contributed by atoms with Crippen LogP contribution >= 0.6 is 27.5 Å². The molecule has 0 spiro atoms. The Balaban J connectivity index is 1.74. The Bertz CT molecular complexity index is 1020. The predicted molar refractivity (Wildman–Crippen MR) is 110 cm³/mol. The second-order valence-electron chi connectivity index (χ2n) is 5.52. The number of carbonyl (C=O) groups excluding carboxylic acids is 2. The van der Waals surface area contributed by atoms with Gasteiger partial charge in [-0.1, -0.05) is 27.5 Å². The van der Waals surface area contributed by atoms with E-state index < -0.39 is 11.9 Å². The van der Waals surface area contributed by atoms with Crippen LogP contribution in [0.15, 0.2) is 76.6 Å². The third-order valence-electron chi connectivity index (χ3n) is 3.55. The van der Waals surface area contributed by atoms with Crippen LogP contribution in [-0.4, -0.2) is 23.1 Å².